The summed E-state index contributed by atoms with van der Waals surface area (Å²) in [4.78, 5) is 6.94. The summed E-state index contributed by atoms with van der Waals surface area (Å²) in [5.74, 6) is 2.16. The molecule has 0 spiro atoms. The first kappa shape index (κ1) is 19.1. The molecule has 1 aliphatic heterocycles. The van der Waals surface area contributed by atoms with E-state index in [9.17, 15) is 0 Å². The van der Waals surface area contributed by atoms with Crippen molar-refractivity contribution in [3.8, 4) is 23.1 Å². The molecule has 0 aliphatic carbocycles. The monoisotopic (exact) mass is 390 g/mol. The van der Waals surface area contributed by atoms with Crippen LogP contribution in [0.3, 0.4) is 0 Å². The van der Waals surface area contributed by atoms with E-state index in [1.807, 2.05) is 55.9 Å². The van der Waals surface area contributed by atoms with Gasteiger partial charge >= 0.3 is 0 Å². The van der Waals surface area contributed by atoms with Gasteiger partial charge in [-0.15, -0.1) is 5.10 Å². The predicted molar refractivity (Wildman–Crippen MR) is 115 cm³/mol. The van der Waals surface area contributed by atoms with Crippen molar-refractivity contribution in [2.24, 2.45) is 4.99 Å². The lowest BCUT2D eigenvalue weighted by atomic mass is 10.1. The van der Waals surface area contributed by atoms with Crippen LogP contribution in [0.25, 0.3) is 5.69 Å². The number of ether oxygens (including phenoxy) is 2. The Hall–Kier alpha value is -3.28. The molecule has 2 aromatic carbocycles. The van der Waals surface area contributed by atoms with Crippen molar-refractivity contribution in [2.75, 3.05) is 20.2 Å². The Bertz CT molecular complexity index is 1000. The van der Waals surface area contributed by atoms with Gasteiger partial charge < -0.3 is 14.4 Å². The highest BCUT2D eigenvalue weighted by molar-refractivity contribution is 5.65. The molecule has 4 rings (SSSR count). The summed E-state index contributed by atoms with van der Waals surface area (Å²) in [5, 5.41) is 4.53. The van der Waals surface area contributed by atoms with E-state index in [0.29, 0.717) is 5.88 Å². The van der Waals surface area contributed by atoms with Gasteiger partial charge in [-0.3, -0.25) is 0 Å². The number of aliphatic imine (C=N–C) groups is 1. The summed E-state index contributed by atoms with van der Waals surface area (Å²) in [6.07, 6.45) is 6.35. The van der Waals surface area contributed by atoms with Gasteiger partial charge in [0.05, 0.1) is 24.8 Å². The Balaban J connectivity index is 1.49. The van der Waals surface area contributed by atoms with Crippen molar-refractivity contribution in [3.63, 3.8) is 0 Å². The molecule has 0 radical (unpaired) electrons. The van der Waals surface area contributed by atoms with E-state index in [0.717, 1.165) is 47.1 Å². The summed E-state index contributed by atoms with van der Waals surface area (Å²) in [7, 11) is 1.65. The van der Waals surface area contributed by atoms with E-state index in [4.69, 9.17) is 9.47 Å². The SMILES string of the molecule is COc1ccc(-n2ccc(Oc3cc(C)c(/N=C/N4CCCC4)cc3C)n2)cc1. The number of likely N-dealkylation sites (tertiary alicyclic amines) is 1. The number of hydrogen-bond acceptors (Lipinski definition) is 4. The first-order valence-corrected chi connectivity index (χ1v) is 9.90. The van der Waals surface area contributed by atoms with Crippen LogP contribution in [0.2, 0.25) is 0 Å². The van der Waals surface area contributed by atoms with Gasteiger partial charge in [-0.05, 0) is 74.2 Å². The predicted octanol–water partition coefficient (Wildman–Crippen LogP) is 5.05. The first-order chi connectivity index (χ1) is 14.1. The van der Waals surface area contributed by atoms with Gasteiger partial charge in [0, 0.05) is 25.4 Å². The lowest BCUT2D eigenvalue weighted by molar-refractivity contribution is 0.414. The minimum Gasteiger partial charge on any atom is -0.497 e. The number of methoxy groups -OCH3 is 1. The second-order valence-electron chi connectivity index (χ2n) is 7.29. The standard InChI is InChI=1S/C23H26N4O2/c1-17-15-22(18(2)14-21(17)24-16-26-11-4-5-12-26)29-23-10-13-27(25-23)19-6-8-20(28-3)9-7-19/h6-10,13-16H,4-5,11-12H2,1-3H3/b24-16+. The Kier molecular flexibility index (Phi) is 5.51. The van der Waals surface area contributed by atoms with Gasteiger partial charge in [-0.1, -0.05) is 0 Å². The van der Waals surface area contributed by atoms with Crippen molar-refractivity contribution >= 4 is 12.0 Å². The molecule has 0 N–H and O–H groups in total. The molecule has 3 aromatic rings. The molecule has 150 valence electrons. The van der Waals surface area contributed by atoms with Crippen LogP contribution >= 0.6 is 0 Å². The Labute approximate surface area is 171 Å². The highest BCUT2D eigenvalue weighted by Crippen LogP contribution is 2.31. The average molecular weight is 390 g/mol. The molecule has 6 nitrogen and oxygen atoms in total. The summed E-state index contributed by atoms with van der Waals surface area (Å²) in [6, 6.07) is 13.7. The smallest absolute Gasteiger partial charge is 0.238 e. The second-order valence-corrected chi connectivity index (χ2v) is 7.29. The zero-order chi connectivity index (χ0) is 20.2. The van der Waals surface area contributed by atoms with Gasteiger partial charge in [0.15, 0.2) is 0 Å². The number of rotatable bonds is 6. The second kappa shape index (κ2) is 8.39. The van der Waals surface area contributed by atoms with Crippen LogP contribution in [0.15, 0.2) is 53.7 Å². The van der Waals surface area contributed by atoms with Crippen molar-refractivity contribution in [1.82, 2.24) is 14.7 Å². The zero-order valence-corrected chi connectivity index (χ0v) is 17.1. The normalized spacial score (nSPS) is 14.0. The van der Waals surface area contributed by atoms with Crippen LogP contribution in [0.4, 0.5) is 5.69 Å². The third-order valence-electron chi connectivity index (χ3n) is 5.11. The Morgan fingerprint density at radius 2 is 1.76 bits per heavy atom. The van der Waals surface area contributed by atoms with Gasteiger partial charge in [0.1, 0.15) is 11.5 Å². The van der Waals surface area contributed by atoms with E-state index in [-0.39, 0.29) is 0 Å². The number of hydrogen-bond donors (Lipinski definition) is 0. The Morgan fingerprint density at radius 1 is 1.00 bits per heavy atom. The lowest BCUT2D eigenvalue weighted by Gasteiger charge is -2.12. The fourth-order valence-corrected chi connectivity index (χ4v) is 3.38. The molecule has 0 saturated carbocycles. The summed E-state index contributed by atoms with van der Waals surface area (Å²) < 4.78 is 13.0. The largest absolute Gasteiger partial charge is 0.497 e. The molecular weight excluding hydrogens is 364 g/mol. The van der Waals surface area contributed by atoms with Crippen LogP contribution in [0, 0.1) is 13.8 Å². The first-order valence-electron chi connectivity index (χ1n) is 9.90. The molecule has 1 aromatic heterocycles. The van der Waals surface area contributed by atoms with Crippen molar-refractivity contribution in [1.29, 1.82) is 0 Å². The molecule has 29 heavy (non-hydrogen) atoms. The van der Waals surface area contributed by atoms with Gasteiger partial charge in [0.25, 0.3) is 0 Å². The van der Waals surface area contributed by atoms with Crippen LogP contribution < -0.4 is 9.47 Å². The molecule has 0 atom stereocenters. The van der Waals surface area contributed by atoms with E-state index >= 15 is 0 Å². The highest BCUT2D eigenvalue weighted by Gasteiger charge is 2.10. The number of nitrogens with zero attached hydrogens (tertiary/aromatic N) is 4. The minimum atomic E-state index is 0.552. The molecule has 0 amide bonds. The van der Waals surface area contributed by atoms with Crippen LogP contribution in [0.5, 0.6) is 17.4 Å². The fraction of sp³-hybridized carbons (Fsp3) is 0.304. The van der Waals surface area contributed by atoms with Crippen molar-refractivity contribution in [3.05, 3.63) is 59.8 Å². The number of aryl methyl sites for hydroxylation is 2. The Morgan fingerprint density at radius 3 is 2.48 bits per heavy atom. The van der Waals surface area contributed by atoms with Crippen LogP contribution in [-0.4, -0.2) is 41.2 Å². The van der Waals surface area contributed by atoms with E-state index in [2.05, 4.69) is 28.0 Å². The minimum absolute atomic E-state index is 0.552. The average Bonchev–Trinajstić information content (AvgIpc) is 3.42. The molecule has 1 saturated heterocycles. The van der Waals surface area contributed by atoms with Gasteiger partial charge in [0.2, 0.25) is 5.88 Å². The van der Waals surface area contributed by atoms with Gasteiger partial charge in [-0.2, -0.15) is 0 Å². The third kappa shape index (κ3) is 4.42. The summed E-state index contributed by atoms with van der Waals surface area (Å²) >= 11 is 0. The van der Waals surface area contributed by atoms with Crippen LogP contribution in [0.1, 0.15) is 24.0 Å². The fourth-order valence-electron chi connectivity index (χ4n) is 3.38. The van der Waals surface area contributed by atoms with Gasteiger partial charge in [-0.25, -0.2) is 9.67 Å². The van der Waals surface area contributed by atoms with Crippen LogP contribution in [-0.2, 0) is 0 Å². The molecule has 0 bridgehead atoms. The quantitative estimate of drug-likeness (QED) is 0.437. The van der Waals surface area contributed by atoms with E-state index in [1.54, 1.807) is 11.8 Å². The molecule has 2 heterocycles. The van der Waals surface area contributed by atoms with E-state index in [1.165, 1.54) is 12.8 Å². The maximum Gasteiger partial charge on any atom is 0.238 e. The number of aromatic nitrogens is 2. The molecule has 1 fully saturated rings. The van der Waals surface area contributed by atoms with Crippen molar-refractivity contribution in [2.45, 2.75) is 26.7 Å². The third-order valence-corrected chi connectivity index (χ3v) is 5.11. The summed E-state index contributed by atoms with van der Waals surface area (Å²) in [6.45, 7) is 6.28. The molecule has 1 aliphatic rings. The lowest BCUT2D eigenvalue weighted by Crippen LogP contribution is -2.16. The summed E-state index contributed by atoms with van der Waals surface area (Å²) in [5.41, 5.74) is 4.03. The highest BCUT2D eigenvalue weighted by atomic mass is 16.5. The topological polar surface area (TPSA) is 51.9 Å². The molecular formula is C23H26N4O2. The maximum atomic E-state index is 6.05. The maximum absolute atomic E-state index is 6.05. The molecule has 6 heteroatoms. The molecule has 0 unspecified atom stereocenters. The zero-order valence-electron chi connectivity index (χ0n) is 17.1. The van der Waals surface area contributed by atoms with E-state index < -0.39 is 0 Å². The van der Waals surface area contributed by atoms with Crippen molar-refractivity contribution < 1.29 is 9.47 Å². The number of benzene rings is 2.